The molecule has 1 aromatic heterocycles. The van der Waals surface area contributed by atoms with Gasteiger partial charge in [-0.05, 0) is 19.3 Å². The summed E-state index contributed by atoms with van der Waals surface area (Å²) in [5.74, 6) is -0.457. The van der Waals surface area contributed by atoms with Crippen molar-refractivity contribution in [2.24, 2.45) is 0 Å². The zero-order valence-electron chi connectivity index (χ0n) is 12.4. The molecule has 0 saturated heterocycles. The Labute approximate surface area is 128 Å². The summed E-state index contributed by atoms with van der Waals surface area (Å²) in [5, 5.41) is 9.36. The summed E-state index contributed by atoms with van der Waals surface area (Å²) in [7, 11) is 1.55. The van der Waals surface area contributed by atoms with Crippen LogP contribution in [0.1, 0.15) is 52.6 Å². The minimum absolute atomic E-state index is 0.186. The second kappa shape index (κ2) is 6.80. The molecule has 0 atom stereocenters. The molecule has 116 valence electrons. The van der Waals surface area contributed by atoms with Gasteiger partial charge in [0.15, 0.2) is 0 Å². The molecule has 1 saturated carbocycles. The first kappa shape index (κ1) is 15.6. The van der Waals surface area contributed by atoms with E-state index in [4.69, 9.17) is 5.73 Å². The van der Waals surface area contributed by atoms with Crippen LogP contribution in [0.2, 0.25) is 0 Å². The first-order valence-electron chi connectivity index (χ1n) is 7.27. The average Bonchev–Trinajstić information content (AvgIpc) is 3.21. The number of hydrogen-bond acceptors (Lipinski definition) is 5. The highest BCUT2D eigenvalue weighted by Crippen LogP contribution is 2.36. The fourth-order valence-corrected chi connectivity index (χ4v) is 2.99. The summed E-state index contributed by atoms with van der Waals surface area (Å²) >= 11 is 1.25. The number of amides is 2. The molecule has 6 nitrogen and oxygen atoms in total. The van der Waals surface area contributed by atoms with Crippen LogP contribution in [0, 0.1) is 0 Å². The summed E-state index contributed by atoms with van der Waals surface area (Å²) in [6.07, 6.45) is 4.08. The quantitative estimate of drug-likeness (QED) is 0.577. The van der Waals surface area contributed by atoms with Gasteiger partial charge in [0.1, 0.15) is 9.88 Å². The molecular weight excluding hydrogens is 288 g/mol. The number of unbranched alkanes of at least 4 members (excludes halogenated alkanes) is 1. The molecule has 0 bridgehead atoms. The van der Waals surface area contributed by atoms with E-state index in [1.165, 1.54) is 11.3 Å². The second-order valence-corrected chi connectivity index (χ2v) is 6.18. The third-order valence-corrected chi connectivity index (χ3v) is 4.50. The van der Waals surface area contributed by atoms with Crippen molar-refractivity contribution >= 4 is 33.8 Å². The normalized spacial score (nSPS) is 13.8. The van der Waals surface area contributed by atoms with E-state index in [-0.39, 0.29) is 23.5 Å². The molecule has 1 aromatic rings. The van der Waals surface area contributed by atoms with E-state index in [9.17, 15) is 9.59 Å². The third-order valence-electron chi connectivity index (χ3n) is 3.33. The zero-order chi connectivity index (χ0) is 15.4. The Morgan fingerprint density at radius 2 is 2.05 bits per heavy atom. The van der Waals surface area contributed by atoms with E-state index in [1.807, 2.05) is 0 Å². The highest BCUT2D eigenvalue weighted by Gasteiger charge is 2.29. The van der Waals surface area contributed by atoms with Crippen LogP contribution in [0.5, 0.6) is 0 Å². The van der Waals surface area contributed by atoms with E-state index in [0.717, 1.165) is 32.2 Å². The molecule has 1 aliphatic rings. The third kappa shape index (κ3) is 3.66. The molecule has 1 heterocycles. The standard InChI is InChI=1S/C14H22N4O2S/c1-3-4-7-17-14-9(12(19)16-2)10(15)11(21-14)13(20)18-8-5-6-8/h8,17H,3-7,15H2,1-2H3,(H,16,19)(H,18,20). The van der Waals surface area contributed by atoms with Crippen molar-refractivity contribution in [2.75, 3.05) is 24.6 Å². The van der Waals surface area contributed by atoms with Gasteiger partial charge in [0.2, 0.25) is 0 Å². The lowest BCUT2D eigenvalue weighted by molar-refractivity contribution is 0.0955. The highest BCUT2D eigenvalue weighted by molar-refractivity contribution is 7.19. The lowest BCUT2D eigenvalue weighted by Crippen LogP contribution is -2.25. The number of anilines is 2. The van der Waals surface area contributed by atoms with Crippen molar-refractivity contribution in [3.8, 4) is 0 Å². The lowest BCUT2D eigenvalue weighted by Gasteiger charge is -2.06. The first-order chi connectivity index (χ1) is 10.1. The minimum Gasteiger partial charge on any atom is -0.397 e. The Morgan fingerprint density at radius 1 is 1.33 bits per heavy atom. The maximum absolute atomic E-state index is 12.2. The number of hydrogen-bond donors (Lipinski definition) is 4. The molecule has 0 aliphatic heterocycles. The number of nitrogens with two attached hydrogens (primary N) is 1. The van der Waals surface area contributed by atoms with Crippen LogP contribution in [0.3, 0.4) is 0 Å². The SMILES string of the molecule is CCCCNc1sc(C(=O)NC2CC2)c(N)c1C(=O)NC. The molecule has 1 fully saturated rings. The fourth-order valence-electron chi connectivity index (χ4n) is 1.94. The predicted octanol–water partition coefficient (Wildman–Crippen LogP) is 1.79. The smallest absolute Gasteiger partial charge is 0.263 e. The van der Waals surface area contributed by atoms with Crippen LogP contribution < -0.4 is 21.7 Å². The minimum atomic E-state index is -0.270. The van der Waals surface area contributed by atoms with Gasteiger partial charge in [-0.3, -0.25) is 9.59 Å². The summed E-state index contributed by atoms with van der Waals surface area (Å²) < 4.78 is 0. The van der Waals surface area contributed by atoms with Crippen LogP contribution >= 0.6 is 11.3 Å². The second-order valence-electron chi connectivity index (χ2n) is 5.16. The van der Waals surface area contributed by atoms with Crippen LogP contribution in [-0.2, 0) is 0 Å². The molecule has 1 aliphatic carbocycles. The van der Waals surface area contributed by atoms with Crippen molar-refractivity contribution in [1.29, 1.82) is 0 Å². The topological polar surface area (TPSA) is 96.2 Å². The summed E-state index contributed by atoms with van der Waals surface area (Å²) in [6.45, 7) is 2.85. The van der Waals surface area contributed by atoms with Crippen molar-refractivity contribution < 1.29 is 9.59 Å². The predicted molar refractivity (Wildman–Crippen MR) is 86.0 cm³/mol. The first-order valence-corrected chi connectivity index (χ1v) is 8.09. The van der Waals surface area contributed by atoms with Crippen molar-refractivity contribution in [2.45, 2.75) is 38.6 Å². The number of carbonyl (C=O) groups excluding carboxylic acids is 2. The average molecular weight is 310 g/mol. The molecule has 21 heavy (non-hydrogen) atoms. The van der Waals surface area contributed by atoms with E-state index in [1.54, 1.807) is 7.05 Å². The zero-order valence-corrected chi connectivity index (χ0v) is 13.2. The Kier molecular flexibility index (Phi) is 5.06. The van der Waals surface area contributed by atoms with Gasteiger partial charge in [-0.2, -0.15) is 0 Å². The molecule has 2 rings (SSSR count). The summed E-state index contributed by atoms with van der Waals surface area (Å²) in [6, 6.07) is 0.263. The highest BCUT2D eigenvalue weighted by atomic mass is 32.1. The molecule has 0 radical (unpaired) electrons. The number of thiophene rings is 1. The van der Waals surface area contributed by atoms with Crippen molar-refractivity contribution in [3.05, 3.63) is 10.4 Å². The lowest BCUT2D eigenvalue weighted by atomic mass is 10.2. The van der Waals surface area contributed by atoms with Crippen molar-refractivity contribution in [3.63, 3.8) is 0 Å². The van der Waals surface area contributed by atoms with Gasteiger partial charge < -0.3 is 21.7 Å². The van der Waals surface area contributed by atoms with E-state index in [2.05, 4.69) is 22.9 Å². The van der Waals surface area contributed by atoms with Gasteiger partial charge in [-0.1, -0.05) is 13.3 Å². The largest absolute Gasteiger partial charge is 0.397 e. The molecule has 5 N–H and O–H groups in total. The summed E-state index contributed by atoms with van der Waals surface area (Å²) in [5.41, 5.74) is 6.67. The van der Waals surface area contributed by atoms with Gasteiger partial charge in [0.05, 0.1) is 11.3 Å². The monoisotopic (exact) mass is 310 g/mol. The van der Waals surface area contributed by atoms with Crippen LogP contribution in [0.15, 0.2) is 0 Å². The molecule has 0 spiro atoms. The molecular formula is C14H22N4O2S. The number of nitrogens with one attached hydrogen (secondary N) is 3. The van der Waals surface area contributed by atoms with Gasteiger partial charge in [0.25, 0.3) is 11.8 Å². The van der Waals surface area contributed by atoms with Gasteiger partial charge in [-0.25, -0.2) is 0 Å². The Morgan fingerprint density at radius 3 is 2.62 bits per heavy atom. The maximum atomic E-state index is 12.2. The van der Waals surface area contributed by atoms with E-state index >= 15 is 0 Å². The maximum Gasteiger partial charge on any atom is 0.263 e. The van der Waals surface area contributed by atoms with Crippen LogP contribution in [0.25, 0.3) is 0 Å². The van der Waals surface area contributed by atoms with Crippen LogP contribution in [-0.4, -0.2) is 31.4 Å². The Bertz CT molecular complexity index is 537. The van der Waals surface area contributed by atoms with E-state index < -0.39 is 0 Å². The molecule has 0 aromatic carbocycles. The molecule has 2 amide bonds. The van der Waals surface area contributed by atoms with Gasteiger partial charge >= 0.3 is 0 Å². The fraction of sp³-hybridized carbons (Fsp3) is 0.571. The number of carbonyl (C=O) groups is 2. The number of nitrogen functional groups attached to an aromatic ring is 1. The van der Waals surface area contributed by atoms with Crippen LogP contribution in [0.4, 0.5) is 10.7 Å². The molecule has 7 heteroatoms. The van der Waals surface area contributed by atoms with Crippen molar-refractivity contribution in [1.82, 2.24) is 10.6 Å². The summed E-state index contributed by atoms with van der Waals surface area (Å²) in [4.78, 5) is 24.6. The van der Waals surface area contributed by atoms with E-state index in [0.29, 0.717) is 15.4 Å². The molecule has 0 unspecified atom stereocenters. The van der Waals surface area contributed by atoms with Gasteiger partial charge in [-0.15, -0.1) is 11.3 Å². The number of rotatable bonds is 7. The van der Waals surface area contributed by atoms with Gasteiger partial charge in [0, 0.05) is 19.6 Å². The Hall–Kier alpha value is -1.76. The Balaban J connectivity index is 2.24.